The molecule has 0 saturated heterocycles. The van der Waals surface area contributed by atoms with Crippen LogP contribution in [0.3, 0.4) is 0 Å². The van der Waals surface area contributed by atoms with E-state index < -0.39 is 12.1 Å². The fraction of sp³-hybridized carbons (Fsp3) is 0.952. The molecule has 0 amide bonds. The Hall–Kier alpha value is -0.610. The second-order valence-electron chi connectivity index (χ2n) is 10.1. The number of hydrogen-bond acceptors (Lipinski definition) is 3. The molecule has 25 heavy (non-hydrogen) atoms. The van der Waals surface area contributed by atoms with Crippen LogP contribution in [0.25, 0.3) is 0 Å². The molecule has 4 rings (SSSR count). The zero-order valence-corrected chi connectivity index (χ0v) is 15.7. The zero-order valence-electron chi connectivity index (χ0n) is 15.7. The van der Waals surface area contributed by atoms with Crippen molar-refractivity contribution < 1.29 is 20.1 Å². The molecule has 0 aromatic carbocycles. The van der Waals surface area contributed by atoms with Gasteiger partial charge in [-0.25, -0.2) is 4.79 Å². The Morgan fingerprint density at radius 1 is 0.960 bits per heavy atom. The Labute approximate surface area is 151 Å². The van der Waals surface area contributed by atoms with Crippen LogP contribution in [0, 0.1) is 40.4 Å². The van der Waals surface area contributed by atoms with Crippen LogP contribution in [0.2, 0.25) is 0 Å². The van der Waals surface area contributed by atoms with Crippen LogP contribution in [-0.2, 0) is 4.79 Å². The highest BCUT2D eigenvalue weighted by Gasteiger charge is 2.61. The lowest BCUT2D eigenvalue weighted by Crippen LogP contribution is -2.54. The normalized spacial score (nSPS) is 53.4. The highest BCUT2D eigenvalue weighted by atomic mass is 16.4. The lowest BCUT2D eigenvalue weighted by Gasteiger charge is -2.61. The van der Waals surface area contributed by atoms with Gasteiger partial charge in [-0.15, -0.1) is 0 Å². The number of carboxylic acids is 1. The maximum atomic E-state index is 11.4. The van der Waals surface area contributed by atoms with Crippen LogP contribution >= 0.6 is 0 Å². The van der Waals surface area contributed by atoms with Crippen molar-refractivity contribution >= 4 is 5.97 Å². The van der Waals surface area contributed by atoms with E-state index in [0.717, 1.165) is 44.4 Å². The summed E-state index contributed by atoms with van der Waals surface area (Å²) in [5, 5.41) is 29.7. The largest absolute Gasteiger partial charge is 0.479 e. The zero-order chi connectivity index (χ0) is 18.0. The standard InChI is InChI=1S/C21H34O4/c1-20-9-7-13(22)11-12(20)3-4-14-15-5-6-17(18(23)19(24)25)21(15,2)10-8-16(14)20/h12-18,22-23H,3-11H2,1-2H3,(H,24,25)/t12-,13-,14+,15+,16+,17-,18+,20+,21+/m1/s1. The van der Waals surface area contributed by atoms with Gasteiger partial charge in [0.25, 0.3) is 0 Å². The summed E-state index contributed by atoms with van der Waals surface area (Å²) in [6, 6.07) is 0. The SMILES string of the molecule is C[C@]12CC[C@@H](O)C[C@H]1CC[C@@H]1[C@@H]2CC[C@]2(C)[C@@H]([C@H](O)C(=O)O)CC[C@@H]12. The average Bonchev–Trinajstić information content (AvgIpc) is 2.92. The van der Waals surface area contributed by atoms with Crippen LogP contribution in [0.15, 0.2) is 0 Å². The molecule has 0 aromatic heterocycles. The van der Waals surface area contributed by atoms with E-state index in [1.54, 1.807) is 0 Å². The summed E-state index contributed by atoms with van der Waals surface area (Å²) in [6.45, 7) is 4.73. The molecule has 9 atom stereocenters. The van der Waals surface area contributed by atoms with E-state index in [9.17, 15) is 20.1 Å². The van der Waals surface area contributed by atoms with Gasteiger partial charge in [-0.1, -0.05) is 13.8 Å². The average molecular weight is 350 g/mol. The van der Waals surface area contributed by atoms with Gasteiger partial charge in [-0.3, -0.25) is 0 Å². The summed E-state index contributed by atoms with van der Waals surface area (Å²) >= 11 is 0. The van der Waals surface area contributed by atoms with E-state index in [0.29, 0.717) is 23.2 Å². The Kier molecular flexibility index (Phi) is 4.23. The molecule has 4 fully saturated rings. The van der Waals surface area contributed by atoms with E-state index in [4.69, 9.17) is 0 Å². The monoisotopic (exact) mass is 350 g/mol. The predicted octanol–water partition coefficient (Wildman–Crippen LogP) is 3.45. The van der Waals surface area contributed by atoms with Gasteiger partial charge in [-0.05, 0) is 92.3 Å². The van der Waals surface area contributed by atoms with Gasteiger partial charge in [0, 0.05) is 5.92 Å². The lowest BCUT2D eigenvalue weighted by atomic mass is 9.44. The topological polar surface area (TPSA) is 77.8 Å². The van der Waals surface area contributed by atoms with Crippen molar-refractivity contribution in [3.63, 3.8) is 0 Å². The summed E-state index contributed by atoms with van der Waals surface area (Å²) in [6.07, 6.45) is 8.36. The second-order valence-corrected chi connectivity index (χ2v) is 10.1. The van der Waals surface area contributed by atoms with Crippen LogP contribution < -0.4 is 0 Å². The minimum absolute atomic E-state index is 0.0175. The molecular weight excluding hydrogens is 316 g/mol. The minimum atomic E-state index is -1.21. The second kappa shape index (κ2) is 5.95. The molecule has 0 heterocycles. The molecule has 0 radical (unpaired) electrons. The van der Waals surface area contributed by atoms with Gasteiger partial charge in [0.2, 0.25) is 0 Å². The minimum Gasteiger partial charge on any atom is -0.479 e. The van der Waals surface area contributed by atoms with Gasteiger partial charge in [0.05, 0.1) is 6.10 Å². The van der Waals surface area contributed by atoms with Crippen molar-refractivity contribution in [3.05, 3.63) is 0 Å². The third-order valence-corrected chi connectivity index (χ3v) is 9.35. The van der Waals surface area contributed by atoms with Crippen LogP contribution in [-0.4, -0.2) is 33.5 Å². The maximum Gasteiger partial charge on any atom is 0.332 e. The summed E-state index contributed by atoms with van der Waals surface area (Å²) in [5.74, 6) is 1.48. The number of aliphatic hydroxyl groups is 2. The fourth-order valence-corrected chi connectivity index (χ4v) is 7.97. The van der Waals surface area contributed by atoms with Gasteiger partial charge < -0.3 is 15.3 Å². The van der Waals surface area contributed by atoms with Crippen molar-refractivity contribution in [2.24, 2.45) is 40.4 Å². The van der Waals surface area contributed by atoms with Gasteiger partial charge >= 0.3 is 5.97 Å². The molecule has 0 aromatic rings. The van der Waals surface area contributed by atoms with E-state index in [2.05, 4.69) is 13.8 Å². The number of fused-ring (bicyclic) bond motifs is 5. The first kappa shape index (κ1) is 17.8. The first-order chi connectivity index (χ1) is 11.8. The van der Waals surface area contributed by atoms with Crippen molar-refractivity contribution in [1.82, 2.24) is 0 Å². The Morgan fingerprint density at radius 3 is 2.36 bits per heavy atom. The number of carboxylic acid groups (broad SMARTS) is 1. The van der Waals surface area contributed by atoms with Gasteiger partial charge in [0.15, 0.2) is 6.10 Å². The van der Waals surface area contributed by atoms with Crippen molar-refractivity contribution in [2.75, 3.05) is 0 Å². The van der Waals surface area contributed by atoms with Gasteiger partial charge in [-0.2, -0.15) is 0 Å². The highest BCUT2D eigenvalue weighted by molar-refractivity contribution is 5.72. The maximum absolute atomic E-state index is 11.4. The smallest absolute Gasteiger partial charge is 0.332 e. The summed E-state index contributed by atoms with van der Waals surface area (Å²) in [5.41, 5.74) is 0.337. The molecule has 0 unspecified atom stereocenters. The van der Waals surface area contributed by atoms with Crippen LogP contribution in [0.5, 0.6) is 0 Å². The van der Waals surface area contributed by atoms with Gasteiger partial charge in [0.1, 0.15) is 0 Å². The van der Waals surface area contributed by atoms with E-state index in [1.807, 2.05) is 0 Å². The number of hydrogen-bond donors (Lipinski definition) is 3. The van der Waals surface area contributed by atoms with Crippen LogP contribution in [0.1, 0.15) is 71.6 Å². The lowest BCUT2D eigenvalue weighted by molar-refractivity contribution is -0.158. The molecule has 4 heteroatoms. The Bertz CT molecular complexity index is 548. The number of carbonyl (C=O) groups is 1. The highest BCUT2D eigenvalue weighted by Crippen LogP contribution is 2.67. The van der Waals surface area contributed by atoms with E-state index in [-0.39, 0.29) is 17.4 Å². The van der Waals surface area contributed by atoms with E-state index in [1.165, 1.54) is 19.3 Å². The number of aliphatic hydroxyl groups excluding tert-OH is 2. The molecule has 142 valence electrons. The van der Waals surface area contributed by atoms with Crippen molar-refractivity contribution in [3.8, 4) is 0 Å². The molecule has 4 aliphatic rings. The van der Waals surface area contributed by atoms with E-state index >= 15 is 0 Å². The Balaban J connectivity index is 1.59. The first-order valence-electron chi connectivity index (χ1n) is 10.4. The summed E-state index contributed by atoms with van der Waals surface area (Å²) in [7, 11) is 0. The number of rotatable bonds is 2. The molecule has 4 aliphatic carbocycles. The molecule has 0 aliphatic heterocycles. The molecule has 0 spiro atoms. The van der Waals surface area contributed by atoms with Crippen LogP contribution in [0.4, 0.5) is 0 Å². The van der Waals surface area contributed by atoms with Crippen molar-refractivity contribution in [1.29, 1.82) is 0 Å². The Morgan fingerprint density at radius 2 is 1.64 bits per heavy atom. The quantitative estimate of drug-likeness (QED) is 0.713. The molecular formula is C21H34O4. The molecule has 4 nitrogen and oxygen atoms in total. The predicted molar refractivity (Wildman–Crippen MR) is 94.9 cm³/mol. The molecule has 3 N–H and O–H groups in total. The molecule has 4 saturated carbocycles. The summed E-state index contributed by atoms with van der Waals surface area (Å²) < 4.78 is 0. The third kappa shape index (κ3) is 2.50. The third-order valence-electron chi connectivity index (χ3n) is 9.35. The summed E-state index contributed by atoms with van der Waals surface area (Å²) in [4.78, 5) is 11.4. The fourth-order valence-electron chi connectivity index (χ4n) is 7.97. The van der Waals surface area contributed by atoms with Crippen molar-refractivity contribution in [2.45, 2.75) is 83.8 Å². The number of aliphatic carboxylic acids is 1. The molecule has 0 bridgehead atoms. The first-order valence-corrected chi connectivity index (χ1v) is 10.4.